The number of likely N-dealkylation sites (N-methyl/N-ethyl adjacent to an activating group) is 1. The molecule has 1 heterocycles. The Hall–Kier alpha value is -1.14. The fourth-order valence-corrected chi connectivity index (χ4v) is 1.77. The molecule has 6 nitrogen and oxygen atoms in total. The Morgan fingerprint density at radius 2 is 2.05 bits per heavy atom. The summed E-state index contributed by atoms with van der Waals surface area (Å²) in [5, 5.41) is 0. The minimum Gasteiger partial charge on any atom is -0.444 e. The van der Waals surface area contributed by atoms with Crippen molar-refractivity contribution < 1.29 is 23.8 Å². The van der Waals surface area contributed by atoms with Crippen LogP contribution >= 0.6 is 0 Å². The highest BCUT2D eigenvalue weighted by atomic mass is 16.7. The molecule has 1 amide bonds. The number of nitrogens with zero attached hydrogens (tertiary/aromatic N) is 1. The molecule has 0 aromatic rings. The van der Waals surface area contributed by atoms with Gasteiger partial charge in [-0.3, -0.25) is 4.90 Å². The maximum Gasteiger partial charge on any atom is 0.410 e. The summed E-state index contributed by atoms with van der Waals surface area (Å²) in [4.78, 5) is 24.4. The number of hydrogen-bond donors (Lipinski definition) is 0. The molecule has 0 radical (unpaired) electrons. The van der Waals surface area contributed by atoms with Crippen LogP contribution in [-0.4, -0.2) is 54.5 Å². The molecule has 1 aliphatic heterocycles. The first kappa shape index (κ1) is 15.9. The van der Waals surface area contributed by atoms with Crippen molar-refractivity contribution in [3.8, 4) is 0 Å². The predicted molar refractivity (Wildman–Crippen MR) is 68.8 cm³/mol. The summed E-state index contributed by atoms with van der Waals surface area (Å²) in [6.07, 6.45) is -0.359. The predicted octanol–water partition coefficient (Wildman–Crippen LogP) is 1.57. The summed E-state index contributed by atoms with van der Waals surface area (Å²) >= 11 is 0. The number of carbonyl (C=O) groups is 2. The van der Waals surface area contributed by atoms with Crippen LogP contribution in [0.4, 0.5) is 4.79 Å². The van der Waals surface area contributed by atoms with Crippen LogP contribution in [0, 0.1) is 0 Å². The van der Waals surface area contributed by atoms with Crippen LogP contribution < -0.4 is 0 Å². The molecule has 0 aromatic carbocycles. The summed E-state index contributed by atoms with van der Waals surface area (Å²) < 4.78 is 16.2. The van der Waals surface area contributed by atoms with E-state index < -0.39 is 29.6 Å². The van der Waals surface area contributed by atoms with E-state index in [0.29, 0.717) is 6.29 Å². The van der Waals surface area contributed by atoms with Gasteiger partial charge in [-0.25, -0.2) is 4.79 Å². The monoisotopic (exact) mass is 273 g/mol. The number of aldehydes is 1. The Bertz CT molecular complexity index is 347. The van der Waals surface area contributed by atoms with Crippen LogP contribution in [0.15, 0.2) is 0 Å². The van der Waals surface area contributed by atoms with E-state index in [9.17, 15) is 9.59 Å². The molecule has 110 valence electrons. The van der Waals surface area contributed by atoms with Crippen molar-refractivity contribution in [1.82, 2.24) is 4.90 Å². The lowest BCUT2D eigenvalue weighted by atomic mass is 10.1. The minimum absolute atomic E-state index is 0.267. The van der Waals surface area contributed by atoms with Crippen LogP contribution in [0.2, 0.25) is 0 Å². The summed E-state index contributed by atoms with van der Waals surface area (Å²) in [5.74, 6) is -0.735. The van der Waals surface area contributed by atoms with Crippen molar-refractivity contribution in [3.63, 3.8) is 0 Å². The summed E-state index contributed by atoms with van der Waals surface area (Å²) in [7, 11) is 1.52. The lowest BCUT2D eigenvalue weighted by molar-refractivity contribution is -0.147. The third-order valence-corrected chi connectivity index (χ3v) is 2.68. The maximum atomic E-state index is 11.9. The van der Waals surface area contributed by atoms with Crippen molar-refractivity contribution in [3.05, 3.63) is 0 Å². The molecule has 2 unspecified atom stereocenters. The van der Waals surface area contributed by atoms with Crippen molar-refractivity contribution >= 4 is 12.4 Å². The summed E-state index contributed by atoms with van der Waals surface area (Å²) in [5.41, 5.74) is -0.606. The smallest absolute Gasteiger partial charge is 0.410 e. The molecule has 1 aliphatic rings. The highest BCUT2D eigenvalue weighted by Gasteiger charge is 2.40. The molecule has 0 saturated carbocycles. The minimum atomic E-state index is -0.735. The summed E-state index contributed by atoms with van der Waals surface area (Å²) in [6.45, 7) is 9.11. The molecule has 1 saturated heterocycles. The van der Waals surface area contributed by atoms with E-state index in [-0.39, 0.29) is 6.61 Å². The highest BCUT2D eigenvalue weighted by Crippen LogP contribution is 2.25. The second-order valence-corrected chi connectivity index (χ2v) is 6.09. The van der Waals surface area contributed by atoms with E-state index in [2.05, 4.69) is 0 Å². The zero-order valence-electron chi connectivity index (χ0n) is 12.4. The van der Waals surface area contributed by atoms with E-state index in [0.717, 1.165) is 0 Å². The first-order chi connectivity index (χ1) is 8.56. The Labute approximate surface area is 114 Å². The van der Waals surface area contributed by atoms with Crippen LogP contribution in [0.1, 0.15) is 34.6 Å². The van der Waals surface area contributed by atoms with Gasteiger partial charge in [0.2, 0.25) is 0 Å². The topological polar surface area (TPSA) is 65.1 Å². The highest BCUT2D eigenvalue weighted by molar-refractivity contribution is 5.74. The molecule has 0 aliphatic carbocycles. The van der Waals surface area contributed by atoms with Gasteiger partial charge < -0.3 is 19.0 Å². The molecule has 6 heteroatoms. The number of rotatable bonds is 3. The van der Waals surface area contributed by atoms with Crippen LogP contribution in [-0.2, 0) is 19.0 Å². The zero-order chi connectivity index (χ0) is 14.8. The largest absolute Gasteiger partial charge is 0.444 e. The van der Waals surface area contributed by atoms with Gasteiger partial charge in [0.05, 0.1) is 6.61 Å². The normalized spacial score (nSPS) is 23.8. The van der Waals surface area contributed by atoms with Gasteiger partial charge in [0.15, 0.2) is 5.79 Å². The second-order valence-electron chi connectivity index (χ2n) is 6.09. The molecular formula is C13H23NO5. The third kappa shape index (κ3) is 4.47. The molecule has 0 bridgehead atoms. The molecule has 0 spiro atoms. The Morgan fingerprint density at radius 3 is 2.42 bits per heavy atom. The van der Waals surface area contributed by atoms with Gasteiger partial charge in [0, 0.05) is 7.05 Å². The van der Waals surface area contributed by atoms with Crippen LogP contribution in [0.25, 0.3) is 0 Å². The second kappa shape index (κ2) is 5.46. The fourth-order valence-electron chi connectivity index (χ4n) is 1.77. The van der Waals surface area contributed by atoms with Gasteiger partial charge in [-0.15, -0.1) is 0 Å². The fraction of sp³-hybridized carbons (Fsp3) is 0.846. The van der Waals surface area contributed by atoms with Gasteiger partial charge in [0.25, 0.3) is 0 Å². The van der Waals surface area contributed by atoms with Crippen molar-refractivity contribution in [2.75, 3.05) is 13.7 Å². The van der Waals surface area contributed by atoms with E-state index in [1.165, 1.54) is 11.9 Å². The maximum absolute atomic E-state index is 11.9. The Kier molecular flexibility index (Phi) is 4.58. The first-order valence-corrected chi connectivity index (χ1v) is 6.28. The van der Waals surface area contributed by atoms with Crippen LogP contribution in [0.3, 0.4) is 0 Å². The van der Waals surface area contributed by atoms with Gasteiger partial charge in [-0.2, -0.15) is 0 Å². The SMILES string of the molecule is CN(C(=O)OC(C)(C)C)C(C=O)C1COC(C)(C)O1. The molecule has 0 N–H and O–H groups in total. The Morgan fingerprint density at radius 1 is 1.47 bits per heavy atom. The number of carbonyl (C=O) groups excluding carboxylic acids is 2. The molecule has 1 fully saturated rings. The van der Waals surface area contributed by atoms with E-state index >= 15 is 0 Å². The van der Waals surface area contributed by atoms with Gasteiger partial charge >= 0.3 is 6.09 Å². The van der Waals surface area contributed by atoms with Gasteiger partial charge in [0.1, 0.15) is 24.0 Å². The average Bonchev–Trinajstić information content (AvgIpc) is 2.57. The third-order valence-electron chi connectivity index (χ3n) is 2.68. The summed E-state index contributed by atoms with van der Waals surface area (Å²) in [6, 6.07) is -0.725. The van der Waals surface area contributed by atoms with E-state index in [1.807, 2.05) is 0 Å². The lowest BCUT2D eigenvalue weighted by Crippen LogP contribution is -2.48. The van der Waals surface area contributed by atoms with Crippen molar-refractivity contribution in [1.29, 1.82) is 0 Å². The zero-order valence-corrected chi connectivity index (χ0v) is 12.4. The number of ether oxygens (including phenoxy) is 3. The molecule has 2 atom stereocenters. The van der Waals surface area contributed by atoms with E-state index in [1.54, 1.807) is 34.6 Å². The lowest BCUT2D eigenvalue weighted by Gasteiger charge is -2.30. The van der Waals surface area contributed by atoms with Gasteiger partial charge in [-0.05, 0) is 34.6 Å². The quantitative estimate of drug-likeness (QED) is 0.730. The van der Waals surface area contributed by atoms with Crippen molar-refractivity contribution in [2.24, 2.45) is 0 Å². The first-order valence-electron chi connectivity index (χ1n) is 6.28. The van der Waals surface area contributed by atoms with E-state index in [4.69, 9.17) is 14.2 Å². The van der Waals surface area contributed by atoms with Crippen molar-refractivity contribution in [2.45, 2.75) is 58.2 Å². The number of amides is 1. The number of hydrogen-bond acceptors (Lipinski definition) is 5. The molecule has 1 rings (SSSR count). The average molecular weight is 273 g/mol. The van der Waals surface area contributed by atoms with Crippen LogP contribution in [0.5, 0.6) is 0 Å². The molecule has 0 aromatic heterocycles. The standard InChI is InChI=1S/C13H23NO5/c1-12(2,3)19-11(16)14(6)9(7-15)10-8-17-13(4,5)18-10/h7,9-10H,8H2,1-6H3. The molecule has 19 heavy (non-hydrogen) atoms. The molecular weight excluding hydrogens is 250 g/mol. The Balaban J connectivity index is 2.70. The van der Waals surface area contributed by atoms with Gasteiger partial charge in [-0.1, -0.05) is 0 Å².